The molecule has 1 aromatic rings. The lowest BCUT2D eigenvalue weighted by atomic mass is 10.1. The van der Waals surface area contributed by atoms with Crippen LogP contribution in [0.4, 0.5) is 0 Å². The molecule has 5 heteroatoms. The molecular formula is C15H19BrO4. The summed E-state index contributed by atoms with van der Waals surface area (Å²) in [5.41, 5.74) is 1.72. The minimum absolute atomic E-state index is 0.583. The van der Waals surface area contributed by atoms with E-state index in [1.54, 1.807) is 13.2 Å². The van der Waals surface area contributed by atoms with Crippen LogP contribution >= 0.6 is 15.9 Å². The van der Waals surface area contributed by atoms with E-state index in [1.165, 1.54) is 0 Å². The van der Waals surface area contributed by atoms with Gasteiger partial charge in [0, 0.05) is 29.8 Å². The minimum Gasteiger partial charge on any atom is -0.493 e. The number of ether oxygens (including phenoxy) is 2. The van der Waals surface area contributed by atoms with Gasteiger partial charge >= 0.3 is 5.97 Å². The molecule has 4 nitrogen and oxygen atoms in total. The number of aliphatic carboxylic acids is 1. The van der Waals surface area contributed by atoms with Crippen molar-refractivity contribution in [3.8, 4) is 5.75 Å². The van der Waals surface area contributed by atoms with Gasteiger partial charge in [0.25, 0.3) is 0 Å². The Labute approximate surface area is 127 Å². The van der Waals surface area contributed by atoms with Gasteiger partial charge in [-0.1, -0.05) is 15.9 Å². The molecule has 0 fully saturated rings. The maximum atomic E-state index is 10.6. The highest BCUT2D eigenvalue weighted by Crippen LogP contribution is 2.29. The molecule has 0 unspecified atom stereocenters. The summed E-state index contributed by atoms with van der Waals surface area (Å²) >= 11 is 3.40. The van der Waals surface area contributed by atoms with Crippen molar-refractivity contribution in [2.24, 2.45) is 0 Å². The van der Waals surface area contributed by atoms with E-state index in [-0.39, 0.29) is 0 Å². The van der Waals surface area contributed by atoms with E-state index < -0.39 is 5.97 Å². The maximum absolute atomic E-state index is 10.6. The molecule has 0 spiro atoms. The lowest BCUT2D eigenvalue weighted by Crippen LogP contribution is -2.02. The summed E-state index contributed by atoms with van der Waals surface area (Å²) in [6.45, 7) is 3.24. The predicted octanol–water partition coefficient (Wildman–Crippen LogP) is 3.66. The fourth-order valence-corrected chi connectivity index (χ4v) is 2.35. The van der Waals surface area contributed by atoms with Crippen LogP contribution in [0.5, 0.6) is 5.75 Å². The number of rotatable bonds is 8. The first-order valence-corrected chi connectivity index (χ1v) is 7.16. The van der Waals surface area contributed by atoms with E-state index in [2.05, 4.69) is 15.9 Å². The third kappa shape index (κ3) is 5.75. The summed E-state index contributed by atoms with van der Waals surface area (Å²) in [5, 5.41) is 8.72. The molecule has 1 rings (SSSR count). The van der Waals surface area contributed by atoms with Gasteiger partial charge < -0.3 is 14.6 Å². The molecule has 0 amide bonds. The molecular weight excluding hydrogens is 324 g/mol. The summed E-state index contributed by atoms with van der Waals surface area (Å²) in [5.74, 6) is -0.253. The highest BCUT2D eigenvalue weighted by molar-refractivity contribution is 9.10. The SMILES string of the molecule is COCCCCOc1c(C)cc(Br)cc1/C=C/C(=O)O. The number of carboxylic acid groups (broad SMARTS) is 1. The largest absolute Gasteiger partial charge is 0.493 e. The van der Waals surface area contributed by atoms with Gasteiger partial charge in [-0.2, -0.15) is 0 Å². The Hall–Kier alpha value is -1.33. The number of benzene rings is 1. The van der Waals surface area contributed by atoms with Crippen molar-refractivity contribution < 1.29 is 19.4 Å². The maximum Gasteiger partial charge on any atom is 0.328 e. The standard InChI is InChI=1S/C15H19BrO4/c1-11-9-13(16)10-12(5-6-14(17)18)15(11)20-8-4-3-7-19-2/h5-6,9-10H,3-4,7-8H2,1-2H3,(H,17,18)/b6-5+. The molecule has 20 heavy (non-hydrogen) atoms. The van der Waals surface area contributed by atoms with E-state index in [1.807, 2.05) is 19.1 Å². The highest BCUT2D eigenvalue weighted by Gasteiger charge is 2.07. The van der Waals surface area contributed by atoms with Gasteiger partial charge in [-0.15, -0.1) is 0 Å². The summed E-state index contributed by atoms with van der Waals surface area (Å²) in [6, 6.07) is 3.79. The summed E-state index contributed by atoms with van der Waals surface area (Å²) in [7, 11) is 1.68. The molecule has 0 heterocycles. The molecule has 0 aliphatic heterocycles. The van der Waals surface area contributed by atoms with Gasteiger partial charge in [-0.3, -0.25) is 0 Å². The smallest absolute Gasteiger partial charge is 0.328 e. The van der Waals surface area contributed by atoms with E-state index in [0.717, 1.165) is 40.3 Å². The van der Waals surface area contributed by atoms with Gasteiger partial charge in [0.1, 0.15) is 5.75 Å². The molecule has 0 saturated heterocycles. The van der Waals surface area contributed by atoms with Crippen LogP contribution < -0.4 is 4.74 Å². The minimum atomic E-state index is -0.978. The number of carboxylic acids is 1. The van der Waals surface area contributed by atoms with Crippen LogP contribution in [-0.4, -0.2) is 31.4 Å². The lowest BCUT2D eigenvalue weighted by molar-refractivity contribution is -0.131. The van der Waals surface area contributed by atoms with Gasteiger partial charge in [0.2, 0.25) is 0 Å². The topological polar surface area (TPSA) is 55.8 Å². The first kappa shape index (κ1) is 16.7. The molecule has 0 radical (unpaired) electrons. The van der Waals surface area contributed by atoms with E-state index >= 15 is 0 Å². The van der Waals surface area contributed by atoms with Crippen LogP contribution in [0, 0.1) is 6.92 Å². The number of aryl methyl sites for hydroxylation is 1. The molecule has 110 valence electrons. The summed E-state index contributed by atoms with van der Waals surface area (Å²) < 4.78 is 11.7. The number of hydrogen-bond acceptors (Lipinski definition) is 3. The van der Waals surface area contributed by atoms with Crippen molar-refractivity contribution in [2.75, 3.05) is 20.3 Å². The lowest BCUT2D eigenvalue weighted by Gasteiger charge is -2.13. The Balaban J connectivity index is 2.79. The first-order valence-electron chi connectivity index (χ1n) is 6.37. The fraction of sp³-hybridized carbons (Fsp3) is 0.400. The van der Waals surface area contributed by atoms with E-state index in [9.17, 15) is 4.79 Å². The predicted molar refractivity (Wildman–Crippen MR) is 82.2 cm³/mol. The number of hydrogen-bond donors (Lipinski definition) is 1. The molecule has 0 aromatic heterocycles. The zero-order valence-electron chi connectivity index (χ0n) is 11.7. The van der Waals surface area contributed by atoms with Crippen molar-refractivity contribution in [3.05, 3.63) is 33.8 Å². The normalized spacial score (nSPS) is 10.9. The van der Waals surface area contributed by atoms with Crippen molar-refractivity contribution in [1.29, 1.82) is 0 Å². The zero-order valence-corrected chi connectivity index (χ0v) is 13.3. The van der Waals surface area contributed by atoms with Crippen LogP contribution in [0.1, 0.15) is 24.0 Å². The van der Waals surface area contributed by atoms with Gasteiger partial charge in [0.15, 0.2) is 0 Å². The quantitative estimate of drug-likeness (QED) is 0.578. The van der Waals surface area contributed by atoms with E-state index in [4.69, 9.17) is 14.6 Å². The Bertz CT molecular complexity index is 483. The Morgan fingerprint density at radius 2 is 2.05 bits per heavy atom. The van der Waals surface area contributed by atoms with E-state index in [0.29, 0.717) is 13.2 Å². The average molecular weight is 343 g/mol. The first-order chi connectivity index (χ1) is 9.54. The molecule has 0 bridgehead atoms. The van der Waals surface area contributed by atoms with Crippen molar-refractivity contribution in [2.45, 2.75) is 19.8 Å². The van der Waals surface area contributed by atoms with Gasteiger partial charge in [-0.05, 0) is 43.5 Å². The zero-order chi connectivity index (χ0) is 15.0. The average Bonchev–Trinajstić information content (AvgIpc) is 2.38. The van der Waals surface area contributed by atoms with Crippen molar-refractivity contribution >= 4 is 28.0 Å². The van der Waals surface area contributed by atoms with Crippen molar-refractivity contribution in [1.82, 2.24) is 0 Å². The molecule has 0 atom stereocenters. The van der Waals surface area contributed by atoms with Gasteiger partial charge in [0.05, 0.1) is 6.61 Å². The number of methoxy groups -OCH3 is 1. The molecule has 0 aliphatic rings. The molecule has 1 N–H and O–H groups in total. The second kappa shape index (κ2) is 8.76. The second-order valence-electron chi connectivity index (χ2n) is 4.36. The summed E-state index contributed by atoms with van der Waals surface area (Å²) in [6.07, 6.45) is 4.49. The molecule has 1 aromatic carbocycles. The molecule has 0 aliphatic carbocycles. The Kier molecular flexibility index (Phi) is 7.33. The third-order valence-electron chi connectivity index (χ3n) is 2.66. The Morgan fingerprint density at radius 1 is 1.35 bits per heavy atom. The fourth-order valence-electron chi connectivity index (χ4n) is 1.76. The number of halogens is 1. The van der Waals surface area contributed by atoms with Crippen molar-refractivity contribution in [3.63, 3.8) is 0 Å². The van der Waals surface area contributed by atoms with Crippen LogP contribution in [0.3, 0.4) is 0 Å². The van der Waals surface area contributed by atoms with Crippen LogP contribution in [0.25, 0.3) is 6.08 Å². The highest BCUT2D eigenvalue weighted by atomic mass is 79.9. The van der Waals surface area contributed by atoms with Crippen LogP contribution in [-0.2, 0) is 9.53 Å². The monoisotopic (exact) mass is 342 g/mol. The number of carbonyl (C=O) groups is 1. The molecule has 0 saturated carbocycles. The third-order valence-corrected chi connectivity index (χ3v) is 3.12. The number of unbranched alkanes of at least 4 members (excludes halogenated alkanes) is 1. The van der Waals surface area contributed by atoms with Gasteiger partial charge in [-0.25, -0.2) is 4.79 Å². The Morgan fingerprint density at radius 3 is 2.70 bits per heavy atom. The van der Waals surface area contributed by atoms with Crippen LogP contribution in [0.2, 0.25) is 0 Å². The second-order valence-corrected chi connectivity index (χ2v) is 5.28. The van der Waals surface area contributed by atoms with Crippen LogP contribution in [0.15, 0.2) is 22.7 Å². The summed E-state index contributed by atoms with van der Waals surface area (Å²) in [4.78, 5) is 10.6.